The summed E-state index contributed by atoms with van der Waals surface area (Å²) in [6, 6.07) is 8.22. The Labute approximate surface area is 101 Å². The number of aliphatic carboxylic acids is 1. The second-order valence-corrected chi connectivity index (χ2v) is 6.24. The van der Waals surface area contributed by atoms with Gasteiger partial charge in [0, 0.05) is 0 Å². The molecule has 0 aliphatic carbocycles. The monoisotopic (exact) mass is 257 g/mol. The third-order valence-corrected chi connectivity index (χ3v) is 4.37. The number of sulfonamides is 1. The lowest BCUT2D eigenvalue weighted by molar-refractivity contribution is -0.135. The molecule has 6 heteroatoms. The van der Waals surface area contributed by atoms with Crippen molar-refractivity contribution in [3.05, 3.63) is 30.3 Å². The van der Waals surface area contributed by atoms with Gasteiger partial charge in [0.15, 0.2) is 0 Å². The van der Waals surface area contributed by atoms with Crippen LogP contribution in [-0.4, -0.2) is 31.3 Å². The average Bonchev–Trinajstić information content (AvgIpc) is 2.26. The van der Waals surface area contributed by atoms with Crippen LogP contribution in [0, 0.1) is 0 Å². The number of rotatable bonds is 5. The quantitative estimate of drug-likeness (QED) is 0.863. The van der Waals surface area contributed by atoms with E-state index in [1.54, 1.807) is 30.3 Å². The van der Waals surface area contributed by atoms with E-state index in [0.717, 1.165) is 4.31 Å². The molecule has 0 aliphatic rings. The van der Waals surface area contributed by atoms with Crippen LogP contribution in [0.25, 0.3) is 0 Å². The van der Waals surface area contributed by atoms with Crippen molar-refractivity contribution in [3.8, 4) is 0 Å². The summed E-state index contributed by atoms with van der Waals surface area (Å²) in [6.07, 6.45) is 0. The van der Waals surface area contributed by atoms with Gasteiger partial charge in [-0.05, 0) is 26.0 Å². The van der Waals surface area contributed by atoms with E-state index in [1.807, 2.05) is 0 Å². The van der Waals surface area contributed by atoms with Gasteiger partial charge in [0.05, 0.1) is 10.9 Å². The van der Waals surface area contributed by atoms with Crippen LogP contribution >= 0.6 is 0 Å². The fraction of sp³-hybridized carbons (Fsp3) is 0.364. The summed E-state index contributed by atoms with van der Waals surface area (Å²) in [5.41, 5.74) is 0.364. The number of hydrogen-bond donors (Lipinski definition) is 1. The van der Waals surface area contributed by atoms with Gasteiger partial charge in [-0.2, -0.15) is 0 Å². The predicted octanol–water partition coefficient (Wildman–Crippen LogP) is 1.32. The summed E-state index contributed by atoms with van der Waals surface area (Å²) in [4.78, 5) is 10.7. The van der Waals surface area contributed by atoms with Crippen molar-refractivity contribution in [2.24, 2.45) is 0 Å². The van der Waals surface area contributed by atoms with Crippen LogP contribution in [0.15, 0.2) is 30.3 Å². The van der Waals surface area contributed by atoms with E-state index in [0.29, 0.717) is 5.69 Å². The molecule has 0 bridgehead atoms. The topological polar surface area (TPSA) is 74.7 Å². The summed E-state index contributed by atoms with van der Waals surface area (Å²) in [5.74, 6) is -1.18. The summed E-state index contributed by atoms with van der Waals surface area (Å²) in [6.45, 7) is 2.48. The van der Waals surface area contributed by atoms with Crippen LogP contribution < -0.4 is 4.31 Å². The maximum Gasteiger partial charge on any atom is 0.324 e. The Morgan fingerprint density at radius 3 is 2.24 bits per heavy atom. The van der Waals surface area contributed by atoms with Gasteiger partial charge < -0.3 is 5.11 Å². The van der Waals surface area contributed by atoms with Gasteiger partial charge in [0.25, 0.3) is 0 Å². The first-order valence-electron chi connectivity index (χ1n) is 5.14. The van der Waals surface area contributed by atoms with E-state index in [-0.39, 0.29) is 0 Å². The van der Waals surface area contributed by atoms with Crippen molar-refractivity contribution in [2.75, 3.05) is 10.8 Å². The molecule has 0 heterocycles. The first-order valence-corrected chi connectivity index (χ1v) is 6.64. The minimum Gasteiger partial charge on any atom is -0.480 e. The Kier molecular flexibility index (Phi) is 4.11. The van der Waals surface area contributed by atoms with E-state index < -0.39 is 27.8 Å². The number of carboxylic acids is 1. The second-order valence-electron chi connectivity index (χ2n) is 3.83. The SMILES string of the molecule is CC(C)S(=O)(=O)N(CC(=O)O)c1ccccc1. The third kappa shape index (κ3) is 3.20. The molecule has 0 unspecified atom stereocenters. The van der Waals surface area contributed by atoms with Crippen molar-refractivity contribution >= 4 is 21.7 Å². The Morgan fingerprint density at radius 2 is 1.82 bits per heavy atom. The molecule has 0 radical (unpaired) electrons. The van der Waals surface area contributed by atoms with Crippen LogP contribution in [0.2, 0.25) is 0 Å². The lowest BCUT2D eigenvalue weighted by Gasteiger charge is -2.24. The van der Waals surface area contributed by atoms with E-state index in [9.17, 15) is 13.2 Å². The molecule has 0 fully saturated rings. The summed E-state index contributed by atoms with van der Waals surface area (Å²) in [7, 11) is -3.63. The summed E-state index contributed by atoms with van der Waals surface area (Å²) < 4.78 is 25.0. The first kappa shape index (κ1) is 13.5. The fourth-order valence-corrected chi connectivity index (χ4v) is 2.51. The Morgan fingerprint density at radius 1 is 1.29 bits per heavy atom. The zero-order valence-electron chi connectivity index (χ0n) is 9.70. The lowest BCUT2D eigenvalue weighted by atomic mass is 10.3. The smallest absolute Gasteiger partial charge is 0.324 e. The van der Waals surface area contributed by atoms with Crippen molar-refractivity contribution in [1.82, 2.24) is 0 Å². The van der Waals surface area contributed by atoms with Crippen molar-refractivity contribution in [1.29, 1.82) is 0 Å². The first-order chi connectivity index (χ1) is 7.85. The normalized spacial score (nSPS) is 11.5. The van der Waals surface area contributed by atoms with Crippen LogP contribution in [0.5, 0.6) is 0 Å². The highest BCUT2D eigenvalue weighted by Gasteiger charge is 2.27. The van der Waals surface area contributed by atoms with Crippen molar-refractivity contribution < 1.29 is 18.3 Å². The highest BCUT2D eigenvalue weighted by Crippen LogP contribution is 2.19. The van der Waals surface area contributed by atoms with Gasteiger partial charge in [0.1, 0.15) is 6.54 Å². The van der Waals surface area contributed by atoms with Gasteiger partial charge in [-0.1, -0.05) is 18.2 Å². The number of para-hydroxylation sites is 1. The number of benzene rings is 1. The minimum atomic E-state index is -3.63. The molecule has 0 aliphatic heterocycles. The van der Waals surface area contributed by atoms with E-state index in [2.05, 4.69) is 0 Å². The Hall–Kier alpha value is -1.56. The molecule has 0 aromatic heterocycles. The molecular weight excluding hydrogens is 242 g/mol. The van der Waals surface area contributed by atoms with Crippen molar-refractivity contribution in [2.45, 2.75) is 19.1 Å². The standard InChI is InChI=1S/C11H15NO4S/c1-9(2)17(15,16)12(8-11(13)14)10-6-4-3-5-7-10/h3-7,9H,8H2,1-2H3,(H,13,14). The third-order valence-electron chi connectivity index (χ3n) is 2.23. The van der Waals surface area contributed by atoms with E-state index in [4.69, 9.17) is 5.11 Å². The molecule has 0 saturated heterocycles. The van der Waals surface area contributed by atoms with Gasteiger partial charge in [-0.3, -0.25) is 9.10 Å². The molecule has 0 amide bonds. The lowest BCUT2D eigenvalue weighted by Crippen LogP contribution is -2.39. The van der Waals surface area contributed by atoms with E-state index in [1.165, 1.54) is 13.8 Å². The van der Waals surface area contributed by atoms with E-state index >= 15 is 0 Å². The van der Waals surface area contributed by atoms with Crippen LogP contribution in [-0.2, 0) is 14.8 Å². The zero-order chi connectivity index (χ0) is 13.1. The number of carbonyl (C=O) groups is 1. The van der Waals surface area contributed by atoms with Crippen LogP contribution in [0.4, 0.5) is 5.69 Å². The largest absolute Gasteiger partial charge is 0.480 e. The number of nitrogens with zero attached hydrogens (tertiary/aromatic N) is 1. The molecule has 0 spiro atoms. The van der Waals surface area contributed by atoms with Gasteiger partial charge >= 0.3 is 5.97 Å². The number of anilines is 1. The molecule has 1 aromatic carbocycles. The Bertz CT molecular complexity index is 481. The predicted molar refractivity (Wildman–Crippen MR) is 65.5 cm³/mol. The van der Waals surface area contributed by atoms with Gasteiger partial charge in [-0.15, -0.1) is 0 Å². The highest BCUT2D eigenvalue weighted by atomic mass is 32.2. The maximum absolute atomic E-state index is 12.0. The molecule has 17 heavy (non-hydrogen) atoms. The fourth-order valence-electron chi connectivity index (χ4n) is 1.30. The summed E-state index contributed by atoms with van der Waals surface area (Å²) >= 11 is 0. The van der Waals surface area contributed by atoms with Gasteiger partial charge in [-0.25, -0.2) is 8.42 Å². The molecule has 1 N–H and O–H groups in total. The molecule has 0 atom stereocenters. The second kappa shape index (κ2) is 5.18. The maximum atomic E-state index is 12.0. The minimum absolute atomic E-state index is 0.364. The van der Waals surface area contributed by atoms with Gasteiger partial charge in [0.2, 0.25) is 10.0 Å². The number of hydrogen-bond acceptors (Lipinski definition) is 3. The molecule has 0 saturated carbocycles. The van der Waals surface area contributed by atoms with Crippen LogP contribution in [0.3, 0.4) is 0 Å². The highest BCUT2D eigenvalue weighted by molar-refractivity contribution is 7.93. The number of carboxylic acid groups (broad SMARTS) is 1. The zero-order valence-corrected chi connectivity index (χ0v) is 10.5. The molecular formula is C11H15NO4S. The molecule has 94 valence electrons. The average molecular weight is 257 g/mol. The van der Waals surface area contributed by atoms with Crippen LogP contribution in [0.1, 0.15) is 13.8 Å². The molecule has 1 rings (SSSR count). The molecule has 5 nitrogen and oxygen atoms in total. The van der Waals surface area contributed by atoms with Crippen molar-refractivity contribution in [3.63, 3.8) is 0 Å². The summed E-state index contributed by atoms with van der Waals surface area (Å²) in [5, 5.41) is 8.12. The molecule has 1 aromatic rings. The Balaban J connectivity index is 3.19.